The van der Waals surface area contributed by atoms with Crippen LogP contribution in [0.5, 0.6) is 0 Å². The summed E-state index contributed by atoms with van der Waals surface area (Å²) in [5.74, 6) is 0.0429. The third-order valence-electron chi connectivity index (χ3n) is 4.49. The highest BCUT2D eigenvalue weighted by Gasteiger charge is 2.22. The van der Waals surface area contributed by atoms with Gasteiger partial charge >= 0.3 is 0 Å². The number of carbonyl (C=O) groups is 2. The van der Waals surface area contributed by atoms with Crippen LogP contribution >= 0.6 is 0 Å². The van der Waals surface area contributed by atoms with Gasteiger partial charge in [-0.2, -0.15) is 0 Å². The normalized spacial score (nSPS) is 15.9. The molecule has 0 radical (unpaired) electrons. The smallest absolute Gasteiger partial charge is 0.246 e. The molecule has 1 aliphatic rings. The minimum atomic E-state index is -0.261. The number of pyridine rings is 1. The number of aromatic nitrogens is 1. The summed E-state index contributed by atoms with van der Waals surface area (Å²) in [6.45, 7) is 1.35. The van der Waals surface area contributed by atoms with Gasteiger partial charge in [0.2, 0.25) is 11.8 Å². The molecule has 0 saturated carbocycles. The average Bonchev–Trinajstić information content (AvgIpc) is 2.59. The number of nitrogens with zero attached hydrogens (tertiary/aromatic N) is 2. The van der Waals surface area contributed by atoms with Crippen molar-refractivity contribution in [3.8, 4) is 0 Å². The van der Waals surface area contributed by atoms with E-state index in [0.29, 0.717) is 25.4 Å². The predicted molar refractivity (Wildman–Crippen MR) is 93.9 cm³/mol. The van der Waals surface area contributed by atoms with Gasteiger partial charge in [0.25, 0.3) is 0 Å². The Bertz CT molecular complexity index is 772. The van der Waals surface area contributed by atoms with Crippen LogP contribution < -0.4 is 5.73 Å². The van der Waals surface area contributed by atoms with E-state index in [0.717, 1.165) is 29.3 Å². The van der Waals surface area contributed by atoms with Crippen molar-refractivity contribution in [2.75, 3.05) is 13.1 Å². The SMILES string of the molecule is NC(=O)CC1CCN(C(=O)/C=C\c2cccc3cccnc23)CC1. The van der Waals surface area contributed by atoms with E-state index in [1.807, 2.05) is 41.3 Å². The fourth-order valence-corrected chi connectivity index (χ4v) is 3.17. The van der Waals surface area contributed by atoms with Crippen molar-refractivity contribution in [3.05, 3.63) is 48.2 Å². The summed E-state index contributed by atoms with van der Waals surface area (Å²) >= 11 is 0. The number of carbonyl (C=O) groups excluding carboxylic acids is 2. The lowest BCUT2D eigenvalue weighted by Crippen LogP contribution is -2.38. The van der Waals surface area contributed by atoms with Gasteiger partial charge in [-0.05, 0) is 30.9 Å². The third kappa shape index (κ3) is 3.79. The minimum absolute atomic E-state index is 0.000425. The number of likely N-dealkylation sites (tertiary alicyclic amines) is 1. The average molecular weight is 323 g/mol. The van der Waals surface area contributed by atoms with Crippen LogP contribution in [-0.4, -0.2) is 34.8 Å². The van der Waals surface area contributed by atoms with Crippen LogP contribution in [0.4, 0.5) is 0 Å². The van der Waals surface area contributed by atoms with Gasteiger partial charge in [-0.15, -0.1) is 0 Å². The lowest BCUT2D eigenvalue weighted by molar-refractivity contribution is -0.127. The number of piperidine rings is 1. The quantitative estimate of drug-likeness (QED) is 0.878. The number of hydrogen-bond donors (Lipinski definition) is 1. The van der Waals surface area contributed by atoms with Crippen LogP contribution in [-0.2, 0) is 9.59 Å². The van der Waals surface area contributed by atoms with Crippen LogP contribution in [0.2, 0.25) is 0 Å². The number of para-hydroxylation sites is 1. The molecular weight excluding hydrogens is 302 g/mol. The van der Waals surface area contributed by atoms with Gasteiger partial charge in [-0.1, -0.05) is 24.3 Å². The first-order valence-corrected chi connectivity index (χ1v) is 8.22. The summed E-state index contributed by atoms with van der Waals surface area (Å²) in [6, 6.07) is 9.83. The van der Waals surface area contributed by atoms with Gasteiger partial charge in [0.05, 0.1) is 5.52 Å². The van der Waals surface area contributed by atoms with Gasteiger partial charge in [0, 0.05) is 42.7 Å². The summed E-state index contributed by atoms with van der Waals surface area (Å²) < 4.78 is 0. The number of amides is 2. The van der Waals surface area contributed by atoms with Crippen LogP contribution in [0.15, 0.2) is 42.6 Å². The Morgan fingerprint density at radius 1 is 1.21 bits per heavy atom. The topological polar surface area (TPSA) is 76.3 Å². The monoisotopic (exact) mass is 323 g/mol. The number of nitrogens with two attached hydrogens (primary N) is 1. The Morgan fingerprint density at radius 3 is 2.71 bits per heavy atom. The van der Waals surface area contributed by atoms with E-state index < -0.39 is 0 Å². The predicted octanol–water partition coefficient (Wildman–Crippen LogP) is 2.36. The molecule has 1 fully saturated rings. The molecule has 0 aliphatic carbocycles. The van der Waals surface area contributed by atoms with Crippen LogP contribution in [0.3, 0.4) is 0 Å². The second-order valence-corrected chi connectivity index (χ2v) is 6.19. The van der Waals surface area contributed by atoms with Crippen molar-refractivity contribution in [2.45, 2.75) is 19.3 Å². The third-order valence-corrected chi connectivity index (χ3v) is 4.49. The molecule has 0 spiro atoms. The fraction of sp³-hybridized carbons (Fsp3) is 0.316. The highest BCUT2D eigenvalue weighted by atomic mass is 16.2. The molecule has 1 saturated heterocycles. The van der Waals surface area contributed by atoms with Crippen molar-refractivity contribution in [3.63, 3.8) is 0 Å². The summed E-state index contributed by atoms with van der Waals surface area (Å²) in [4.78, 5) is 29.6. The van der Waals surface area contributed by atoms with E-state index in [-0.39, 0.29) is 11.8 Å². The standard InChI is InChI=1S/C19H21N3O2/c20-17(23)13-14-8-11-22(12-9-14)18(24)7-6-16-4-1-3-15-5-2-10-21-19(15)16/h1-7,10,14H,8-9,11-13H2,(H2,20,23)/b7-6-. The lowest BCUT2D eigenvalue weighted by Gasteiger charge is -2.30. The van der Waals surface area contributed by atoms with Crippen molar-refractivity contribution in [2.24, 2.45) is 11.7 Å². The molecular formula is C19H21N3O2. The summed E-state index contributed by atoms with van der Waals surface area (Å²) in [5.41, 5.74) is 7.07. The van der Waals surface area contributed by atoms with Gasteiger partial charge in [0.15, 0.2) is 0 Å². The molecule has 1 aliphatic heterocycles. The minimum Gasteiger partial charge on any atom is -0.370 e. The zero-order valence-corrected chi connectivity index (χ0v) is 13.5. The molecule has 2 amide bonds. The molecule has 5 heteroatoms. The van der Waals surface area contributed by atoms with Crippen molar-refractivity contribution in [1.29, 1.82) is 0 Å². The molecule has 1 aromatic carbocycles. The molecule has 0 unspecified atom stereocenters. The van der Waals surface area contributed by atoms with Gasteiger partial charge in [0.1, 0.15) is 0 Å². The molecule has 24 heavy (non-hydrogen) atoms. The number of benzene rings is 1. The zero-order chi connectivity index (χ0) is 16.9. The van der Waals surface area contributed by atoms with E-state index in [9.17, 15) is 9.59 Å². The number of primary amides is 1. The largest absolute Gasteiger partial charge is 0.370 e. The van der Waals surface area contributed by atoms with Crippen molar-refractivity contribution in [1.82, 2.24) is 9.88 Å². The van der Waals surface area contributed by atoms with Crippen LogP contribution in [0.1, 0.15) is 24.8 Å². The van der Waals surface area contributed by atoms with E-state index in [4.69, 9.17) is 5.73 Å². The van der Waals surface area contributed by atoms with E-state index in [1.54, 1.807) is 12.3 Å². The first-order chi connectivity index (χ1) is 11.6. The van der Waals surface area contributed by atoms with Gasteiger partial charge in [-0.3, -0.25) is 14.6 Å². The summed E-state index contributed by atoms with van der Waals surface area (Å²) in [7, 11) is 0. The Kier molecular flexibility index (Phi) is 4.89. The molecule has 1 aromatic heterocycles. The number of rotatable bonds is 4. The molecule has 124 valence electrons. The Labute approximate surface area is 141 Å². The van der Waals surface area contributed by atoms with E-state index in [2.05, 4.69) is 4.98 Å². The first kappa shape index (κ1) is 16.2. The summed E-state index contributed by atoms with van der Waals surface area (Å²) in [6.07, 6.45) is 7.27. The van der Waals surface area contributed by atoms with Crippen molar-refractivity contribution < 1.29 is 9.59 Å². The number of hydrogen-bond acceptors (Lipinski definition) is 3. The maximum absolute atomic E-state index is 12.4. The maximum atomic E-state index is 12.4. The molecule has 0 atom stereocenters. The molecule has 2 heterocycles. The Balaban J connectivity index is 1.64. The van der Waals surface area contributed by atoms with Crippen LogP contribution in [0, 0.1) is 5.92 Å². The van der Waals surface area contributed by atoms with Gasteiger partial charge < -0.3 is 10.6 Å². The zero-order valence-electron chi connectivity index (χ0n) is 13.5. The molecule has 2 N–H and O–H groups in total. The highest BCUT2D eigenvalue weighted by molar-refractivity contribution is 5.95. The van der Waals surface area contributed by atoms with Crippen LogP contribution in [0.25, 0.3) is 17.0 Å². The van der Waals surface area contributed by atoms with E-state index >= 15 is 0 Å². The highest BCUT2D eigenvalue weighted by Crippen LogP contribution is 2.21. The number of fused-ring (bicyclic) bond motifs is 1. The molecule has 2 aromatic rings. The molecule has 5 nitrogen and oxygen atoms in total. The summed E-state index contributed by atoms with van der Waals surface area (Å²) in [5, 5.41) is 1.05. The Morgan fingerprint density at radius 2 is 1.96 bits per heavy atom. The van der Waals surface area contributed by atoms with E-state index in [1.165, 1.54) is 0 Å². The lowest BCUT2D eigenvalue weighted by atomic mass is 9.93. The second-order valence-electron chi connectivity index (χ2n) is 6.19. The second kappa shape index (κ2) is 7.25. The van der Waals surface area contributed by atoms with Crippen molar-refractivity contribution >= 4 is 28.8 Å². The fourth-order valence-electron chi connectivity index (χ4n) is 3.17. The molecule has 0 bridgehead atoms. The van der Waals surface area contributed by atoms with Gasteiger partial charge in [-0.25, -0.2) is 0 Å². The Hall–Kier alpha value is -2.69. The first-order valence-electron chi connectivity index (χ1n) is 8.22. The maximum Gasteiger partial charge on any atom is 0.246 e. The molecule has 3 rings (SSSR count).